The fraction of sp³-hybridized carbons (Fsp3) is 0.300. The van der Waals surface area contributed by atoms with Crippen LogP contribution in [-0.2, 0) is 6.54 Å². The van der Waals surface area contributed by atoms with E-state index in [9.17, 15) is 0 Å². The van der Waals surface area contributed by atoms with Gasteiger partial charge in [-0.1, -0.05) is 24.8 Å². The Balaban J connectivity index is 2.08. The zero-order valence-corrected chi connectivity index (χ0v) is 14.2. The number of rotatable bonds is 8. The fourth-order valence-corrected chi connectivity index (χ4v) is 2.25. The van der Waals surface area contributed by atoms with Crippen molar-refractivity contribution in [2.45, 2.75) is 27.3 Å². The van der Waals surface area contributed by atoms with Crippen LogP contribution in [0.2, 0.25) is 0 Å². The predicted octanol–water partition coefficient (Wildman–Crippen LogP) is 4.88. The van der Waals surface area contributed by atoms with Gasteiger partial charge in [-0.2, -0.15) is 0 Å². The van der Waals surface area contributed by atoms with Crippen LogP contribution in [0.25, 0.3) is 0 Å². The Labute approximate surface area is 138 Å². The van der Waals surface area contributed by atoms with Gasteiger partial charge in [0.2, 0.25) is 0 Å². The molecule has 2 aromatic carbocycles. The average molecular weight is 311 g/mol. The minimum absolute atomic E-state index is 0.473. The van der Waals surface area contributed by atoms with Gasteiger partial charge in [0.15, 0.2) is 11.5 Å². The maximum atomic E-state index is 5.67. The Bertz CT molecular complexity index is 665. The van der Waals surface area contributed by atoms with E-state index in [1.807, 2.05) is 19.1 Å². The van der Waals surface area contributed by atoms with E-state index in [0.717, 1.165) is 29.3 Å². The molecule has 0 saturated carbocycles. The smallest absolute Gasteiger partial charge is 0.161 e. The molecule has 0 amide bonds. The van der Waals surface area contributed by atoms with Gasteiger partial charge in [0, 0.05) is 12.2 Å². The normalized spacial score (nSPS) is 10.2. The molecule has 0 bridgehead atoms. The highest BCUT2D eigenvalue weighted by Gasteiger charge is 2.06. The molecule has 23 heavy (non-hydrogen) atoms. The maximum Gasteiger partial charge on any atom is 0.161 e. The van der Waals surface area contributed by atoms with Crippen molar-refractivity contribution in [1.29, 1.82) is 0 Å². The fourth-order valence-electron chi connectivity index (χ4n) is 2.25. The first kappa shape index (κ1) is 16.9. The summed E-state index contributed by atoms with van der Waals surface area (Å²) in [5.74, 6) is 1.52. The molecule has 3 heteroatoms. The van der Waals surface area contributed by atoms with E-state index >= 15 is 0 Å². The first-order chi connectivity index (χ1) is 11.1. The predicted molar refractivity (Wildman–Crippen MR) is 96.5 cm³/mol. The van der Waals surface area contributed by atoms with E-state index in [4.69, 9.17) is 9.47 Å². The van der Waals surface area contributed by atoms with Gasteiger partial charge in [0.1, 0.15) is 6.61 Å². The SMILES string of the molecule is C=CCOc1ccc(CNc2ccc(C)c(C)c2)cc1OCC. The van der Waals surface area contributed by atoms with Crippen LogP contribution in [0.5, 0.6) is 11.5 Å². The third kappa shape index (κ3) is 4.78. The van der Waals surface area contributed by atoms with Crippen LogP contribution in [0, 0.1) is 13.8 Å². The van der Waals surface area contributed by atoms with Crippen molar-refractivity contribution < 1.29 is 9.47 Å². The summed E-state index contributed by atoms with van der Waals surface area (Å²) in [7, 11) is 0. The average Bonchev–Trinajstić information content (AvgIpc) is 2.55. The molecular weight excluding hydrogens is 286 g/mol. The molecule has 0 heterocycles. The molecule has 0 unspecified atom stereocenters. The number of anilines is 1. The molecule has 0 saturated heterocycles. The van der Waals surface area contributed by atoms with Gasteiger partial charge in [0.05, 0.1) is 6.61 Å². The topological polar surface area (TPSA) is 30.5 Å². The van der Waals surface area contributed by atoms with Gasteiger partial charge in [0.25, 0.3) is 0 Å². The lowest BCUT2D eigenvalue weighted by Crippen LogP contribution is -2.03. The van der Waals surface area contributed by atoms with Crippen molar-refractivity contribution in [3.8, 4) is 11.5 Å². The number of ether oxygens (including phenoxy) is 2. The summed E-state index contributed by atoms with van der Waals surface area (Å²) in [5, 5.41) is 3.45. The highest BCUT2D eigenvalue weighted by Crippen LogP contribution is 2.29. The van der Waals surface area contributed by atoms with Crippen LogP contribution in [0.3, 0.4) is 0 Å². The molecule has 122 valence electrons. The molecule has 0 aliphatic heterocycles. The molecule has 2 aromatic rings. The molecule has 0 atom stereocenters. The van der Waals surface area contributed by atoms with Crippen molar-refractivity contribution >= 4 is 5.69 Å². The number of hydrogen-bond acceptors (Lipinski definition) is 3. The highest BCUT2D eigenvalue weighted by molar-refractivity contribution is 5.49. The lowest BCUT2D eigenvalue weighted by Gasteiger charge is -2.13. The first-order valence-corrected chi connectivity index (χ1v) is 7.94. The lowest BCUT2D eigenvalue weighted by atomic mass is 10.1. The largest absolute Gasteiger partial charge is 0.490 e. The summed E-state index contributed by atoms with van der Waals surface area (Å²) >= 11 is 0. The van der Waals surface area contributed by atoms with E-state index < -0.39 is 0 Å². The molecular formula is C20H25NO2. The number of benzene rings is 2. The summed E-state index contributed by atoms with van der Waals surface area (Å²) in [6.45, 7) is 11.7. The van der Waals surface area contributed by atoms with Gasteiger partial charge in [-0.3, -0.25) is 0 Å². The van der Waals surface area contributed by atoms with Gasteiger partial charge >= 0.3 is 0 Å². The zero-order chi connectivity index (χ0) is 16.7. The standard InChI is InChI=1S/C20H25NO2/c1-5-11-23-19-10-8-17(13-20(19)22-6-2)14-21-18-9-7-15(3)16(4)12-18/h5,7-10,12-13,21H,1,6,11,14H2,2-4H3. The molecule has 0 fully saturated rings. The quantitative estimate of drug-likeness (QED) is 0.705. The van der Waals surface area contributed by atoms with Gasteiger partial charge in [-0.15, -0.1) is 0 Å². The highest BCUT2D eigenvalue weighted by atomic mass is 16.5. The Morgan fingerprint density at radius 2 is 1.83 bits per heavy atom. The summed E-state index contributed by atoms with van der Waals surface area (Å²) in [5.41, 5.74) is 4.87. The molecule has 0 aromatic heterocycles. The van der Waals surface area contributed by atoms with Crippen molar-refractivity contribution in [3.63, 3.8) is 0 Å². The van der Waals surface area contributed by atoms with Crippen LogP contribution in [0.1, 0.15) is 23.6 Å². The van der Waals surface area contributed by atoms with Crippen molar-refractivity contribution in [2.75, 3.05) is 18.5 Å². The number of hydrogen-bond donors (Lipinski definition) is 1. The first-order valence-electron chi connectivity index (χ1n) is 7.94. The minimum atomic E-state index is 0.473. The van der Waals surface area contributed by atoms with Crippen LogP contribution < -0.4 is 14.8 Å². The van der Waals surface area contributed by atoms with Gasteiger partial charge in [-0.25, -0.2) is 0 Å². The Morgan fingerprint density at radius 3 is 2.52 bits per heavy atom. The summed E-state index contributed by atoms with van der Waals surface area (Å²) in [4.78, 5) is 0. The van der Waals surface area contributed by atoms with Gasteiger partial charge in [-0.05, 0) is 61.7 Å². The minimum Gasteiger partial charge on any atom is -0.490 e. The van der Waals surface area contributed by atoms with Crippen molar-refractivity contribution in [1.82, 2.24) is 0 Å². The third-order valence-corrected chi connectivity index (χ3v) is 3.67. The van der Waals surface area contributed by atoms with E-state index in [2.05, 4.69) is 50.0 Å². The van der Waals surface area contributed by atoms with E-state index in [1.54, 1.807) is 6.08 Å². The van der Waals surface area contributed by atoms with E-state index in [1.165, 1.54) is 11.1 Å². The maximum absolute atomic E-state index is 5.67. The van der Waals surface area contributed by atoms with Crippen LogP contribution >= 0.6 is 0 Å². The second-order valence-electron chi connectivity index (χ2n) is 5.47. The van der Waals surface area contributed by atoms with E-state index in [-0.39, 0.29) is 0 Å². The number of nitrogens with one attached hydrogen (secondary N) is 1. The molecule has 0 spiro atoms. The molecule has 0 aliphatic rings. The van der Waals surface area contributed by atoms with Crippen molar-refractivity contribution in [3.05, 3.63) is 65.7 Å². The monoisotopic (exact) mass is 311 g/mol. The molecule has 3 nitrogen and oxygen atoms in total. The lowest BCUT2D eigenvalue weighted by molar-refractivity contribution is 0.296. The Kier molecular flexibility index (Phi) is 6.10. The second kappa shape index (κ2) is 8.28. The van der Waals surface area contributed by atoms with Gasteiger partial charge < -0.3 is 14.8 Å². The van der Waals surface area contributed by atoms with Crippen LogP contribution in [-0.4, -0.2) is 13.2 Å². The molecule has 1 N–H and O–H groups in total. The summed E-state index contributed by atoms with van der Waals surface area (Å²) < 4.78 is 11.3. The van der Waals surface area contributed by atoms with Crippen LogP contribution in [0.15, 0.2) is 49.1 Å². The second-order valence-corrected chi connectivity index (χ2v) is 5.47. The Morgan fingerprint density at radius 1 is 1.00 bits per heavy atom. The van der Waals surface area contributed by atoms with Crippen molar-refractivity contribution in [2.24, 2.45) is 0 Å². The van der Waals surface area contributed by atoms with E-state index in [0.29, 0.717) is 13.2 Å². The Hall–Kier alpha value is -2.42. The zero-order valence-electron chi connectivity index (χ0n) is 14.2. The molecule has 0 aliphatic carbocycles. The number of aryl methyl sites for hydroxylation is 2. The van der Waals surface area contributed by atoms with Crippen LogP contribution in [0.4, 0.5) is 5.69 Å². The summed E-state index contributed by atoms with van der Waals surface area (Å²) in [6.07, 6.45) is 1.73. The molecule has 0 radical (unpaired) electrons. The molecule has 2 rings (SSSR count). The summed E-state index contributed by atoms with van der Waals surface area (Å²) in [6, 6.07) is 12.4. The third-order valence-electron chi connectivity index (χ3n) is 3.67.